The number of nitrogens with zero attached hydrogens (tertiary/aromatic N) is 3. The van der Waals surface area contributed by atoms with Crippen molar-refractivity contribution in [1.29, 1.82) is 0 Å². The number of imide groups is 2. The Hall–Kier alpha value is -3.56. The molecule has 4 amide bonds. The Balaban J connectivity index is 1.56. The van der Waals surface area contributed by atoms with Crippen LogP contribution in [0.4, 0.5) is 11.4 Å². The van der Waals surface area contributed by atoms with Crippen LogP contribution in [0.3, 0.4) is 0 Å². The van der Waals surface area contributed by atoms with Gasteiger partial charge in [0.05, 0.1) is 16.8 Å². The van der Waals surface area contributed by atoms with Crippen LogP contribution in [0.1, 0.15) is 39.1 Å². The molecule has 2 N–H and O–H groups in total. The van der Waals surface area contributed by atoms with Crippen molar-refractivity contribution in [2.24, 2.45) is 0 Å². The highest BCUT2D eigenvalue weighted by Gasteiger charge is 2.45. The van der Waals surface area contributed by atoms with Crippen molar-refractivity contribution in [3.8, 4) is 0 Å². The lowest BCUT2D eigenvalue weighted by Gasteiger charge is -2.28. The van der Waals surface area contributed by atoms with Crippen LogP contribution in [0.25, 0.3) is 0 Å². The first-order valence-electron chi connectivity index (χ1n) is 11.3. The van der Waals surface area contributed by atoms with Gasteiger partial charge in [-0.2, -0.15) is 0 Å². The zero-order chi connectivity index (χ0) is 24.4. The molecule has 0 radical (unpaired) electrons. The quantitative estimate of drug-likeness (QED) is 0.572. The molecule has 1 unspecified atom stereocenters. The third-order valence-corrected chi connectivity index (χ3v) is 6.33. The predicted molar refractivity (Wildman–Crippen MR) is 128 cm³/mol. The van der Waals surface area contributed by atoms with Crippen LogP contribution in [0.15, 0.2) is 42.5 Å². The fourth-order valence-corrected chi connectivity index (χ4v) is 4.43. The number of anilines is 2. The lowest BCUT2D eigenvalue weighted by Crippen LogP contribution is -2.54. The first-order chi connectivity index (χ1) is 16.3. The number of nitrogens with one attached hydrogen (secondary N) is 2. The molecule has 34 heavy (non-hydrogen) atoms. The average Bonchev–Trinajstić information content (AvgIpc) is 3.08. The van der Waals surface area contributed by atoms with E-state index in [1.165, 1.54) is 5.56 Å². The molecule has 0 aromatic heterocycles. The second-order valence-corrected chi connectivity index (χ2v) is 8.71. The highest BCUT2D eigenvalue weighted by molar-refractivity contribution is 6.25. The van der Waals surface area contributed by atoms with E-state index in [1.54, 1.807) is 18.2 Å². The topological polar surface area (TPSA) is 102 Å². The summed E-state index contributed by atoms with van der Waals surface area (Å²) in [5.74, 6) is -2.03. The number of piperidine rings is 1. The van der Waals surface area contributed by atoms with Crippen LogP contribution in [0, 0.1) is 0 Å². The molecule has 1 atom stereocenters. The molecule has 2 aliphatic rings. The maximum atomic E-state index is 13.4. The van der Waals surface area contributed by atoms with E-state index in [2.05, 4.69) is 22.6 Å². The van der Waals surface area contributed by atoms with Crippen molar-refractivity contribution < 1.29 is 19.2 Å². The minimum Gasteiger partial charge on any atom is -0.344 e. The average molecular weight is 464 g/mol. The highest BCUT2D eigenvalue weighted by atomic mass is 16.2. The number of carbonyl (C=O) groups excluding carboxylic acids is 4. The molecule has 1 fully saturated rings. The zero-order valence-electron chi connectivity index (χ0n) is 19.6. The van der Waals surface area contributed by atoms with Gasteiger partial charge in [0.25, 0.3) is 11.8 Å². The minimum absolute atomic E-state index is 0.0903. The second-order valence-electron chi connectivity index (χ2n) is 8.71. The van der Waals surface area contributed by atoms with Gasteiger partial charge in [0.15, 0.2) is 0 Å². The monoisotopic (exact) mass is 463 g/mol. The van der Waals surface area contributed by atoms with Gasteiger partial charge in [-0.1, -0.05) is 18.2 Å². The Morgan fingerprint density at radius 2 is 1.76 bits per heavy atom. The number of rotatable bonds is 8. The van der Waals surface area contributed by atoms with Crippen molar-refractivity contribution >= 4 is 35.0 Å². The lowest BCUT2D eigenvalue weighted by atomic mass is 10.0. The summed E-state index contributed by atoms with van der Waals surface area (Å²) in [5.41, 5.74) is 3.17. The maximum Gasteiger partial charge on any atom is 0.264 e. The molecule has 2 aromatic carbocycles. The summed E-state index contributed by atoms with van der Waals surface area (Å²) >= 11 is 0. The number of hydrogen-bond donors (Lipinski definition) is 2. The molecule has 2 heterocycles. The van der Waals surface area contributed by atoms with Crippen LogP contribution < -0.4 is 15.5 Å². The Labute approximate surface area is 198 Å². The largest absolute Gasteiger partial charge is 0.344 e. The van der Waals surface area contributed by atoms with Crippen molar-refractivity contribution in [1.82, 2.24) is 20.4 Å². The molecule has 2 aliphatic heterocycles. The third kappa shape index (κ3) is 4.44. The van der Waals surface area contributed by atoms with E-state index in [1.807, 2.05) is 43.3 Å². The summed E-state index contributed by atoms with van der Waals surface area (Å²) in [6.45, 7) is 2.67. The smallest absolute Gasteiger partial charge is 0.264 e. The van der Waals surface area contributed by atoms with Gasteiger partial charge in [0.1, 0.15) is 6.04 Å². The molecular weight excluding hydrogens is 434 g/mol. The van der Waals surface area contributed by atoms with Crippen LogP contribution in [-0.4, -0.2) is 73.7 Å². The van der Waals surface area contributed by atoms with Gasteiger partial charge >= 0.3 is 0 Å². The number of carbonyl (C=O) groups is 4. The fourth-order valence-electron chi connectivity index (χ4n) is 4.43. The van der Waals surface area contributed by atoms with E-state index < -0.39 is 29.7 Å². The van der Waals surface area contributed by atoms with Crippen molar-refractivity contribution in [3.63, 3.8) is 0 Å². The van der Waals surface area contributed by atoms with Crippen LogP contribution in [0.2, 0.25) is 0 Å². The Morgan fingerprint density at radius 1 is 1.03 bits per heavy atom. The zero-order valence-corrected chi connectivity index (χ0v) is 19.6. The van der Waals surface area contributed by atoms with Crippen LogP contribution >= 0.6 is 0 Å². The molecule has 0 bridgehead atoms. The Morgan fingerprint density at radius 3 is 2.44 bits per heavy atom. The van der Waals surface area contributed by atoms with Gasteiger partial charge in [0.2, 0.25) is 11.8 Å². The van der Waals surface area contributed by atoms with E-state index >= 15 is 0 Å². The number of benzene rings is 2. The van der Waals surface area contributed by atoms with Gasteiger partial charge in [-0.05, 0) is 50.3 Å². The number of amides is 4. The van der Waals surface area contributed by atoms with Crippen LogP contribution in [0.5, 0.6) is 0 Å². The minimum atomic E-state index is -0.984. The SMILES string of the molecule is CNCCN(C)Cc1ccc(N(C)c2cccc3c2C(=O)N(C2CCC(=O)NC2=O)C3=O)cc1. The summed E-state index contributed by atoms with van der Waals surface area (Å²) in [4.78, 5) is 55.4. The molecule has 9 nitrogen and oxygen atoms in total. The summed E-state index contributed by atoms with van der Waals surface area (Å²) in [6.07, 6.45) is 0.221. The van der Waals surface area contributed by atoms with E-state index in [-0.39, 0.29) is 24.0 Å². The lowest BCUT2D eigenvalue weighted by molar-refractivity contribution is -0.136. The fraction of sp³-hybridized carbons (Fsp3) is 0.360. The molecule has 9 heteroatoms. The van der Waals surface area contributed by atoms with Gasteiger partial charge in [-0.15, -0.1) is 0 Å². The highest BCUT2D eigenvalue weighted by Crippen LogP contribution is 2.36. The summed E-state index contributed by atoms with van der Waals surface area (Å²) in [5, 5.41) is 5.37. The molecule has 2 aromatic rings. The van der Waals surface area contributed by atoms with Crippen molar-refractivity contribution in [2.45, 2.75) is 25.4 Å². The maximum absolute atomic E-state index is 13.4. The molecule has 0 aliphatic carbocycles. The second kappa shape index (κ2) is 9.74. The molecule has 4 rings (SSSR count). The summed E-state index contributed by atoms with van der Waals surface area (Å²) in [6, 6.07) is 12.2. The van der Waals surface area contributed by atoms with Gasteiger partial charge in [-0.25, -0.2) is 0 Å². The van der Waals surface area contributed by atoms with Crippen molar-refractivity contribution in [2.75, 3.05) is 39.1 Å². The van der Waals surface area contributed by atoms with Gasteiger partial charge in [-0.3, -0.25) is 29.4 Å². The Kier molecular flexibility index (Phi) is 6.76. The van der Waals surface area contributed by atoms with Gasteiger partial charge in [0, 0.05) is 38.8 Å². The molecule has 0 saturated carbocycles. The van der Waals surface area contributed by atoms with Gasteiger partial charge < -0.3 is 15.1 Å². The normalized spacial score (nSPS) is 17.9. The first kappa shape index (κ1) is 23.6. The molecule has 0 spiro atoms. The summed E-state index contributed by atoms with van der Waals surface area (Å²) in [7, 11) is 5.85. The first-order valence-corrected chi connectivity index (χ1v) is 11.3. The molecule has 1 saturated heterocycles. The van der Waals surface area contributed by atoms with E-state index in [0.717, 1.165) is 30.2 Å². The number of likely N-dealkylation sites (N-methyl/N-ethyl adjacent to an activating group) is 2. The Bertz CT molecular complexity index is 1130. The third-order valence-electron chi connectivity index (χ3n) is 6.33. The van der Waals surface area contributed by atoms with E-state index in [0.29, 0.717) is 5.69 Å². The molecular formula is C25H29N5O4. The predicted octanol–water partition coefficient (Wildman–Crippen LogP) is 1.51. The van der Waals surface area contributed by atoms with E-state index in [9.17, 15) is 19.2 Å². The molecule has 178 valence electrons. The van der Waals surface area contributed by atoms with Crippen LogP contribution in [-0.2, 0) is 16.1 Å². The standard InChI is InChI=1S/C25H29N5O4/c1-26-13-14-28(2)15-16-7-9-17(10-8-16)29(3)19-6-4-5-18-22(19)25(34)30(24(18)33)20-11-12-21(31)27-23(20)32/h4-10,20,26H,11-15H2,1-3H3,(H,27,31,32). The number of hydrogen-bond acceptors (Lipinski definition) is 7. The number of fused-ring (bicyclic) bond motifs is 1. The van der Waals surface area contributed by atoms with E-state index in [4.69, 9.17) is 0 Å². The summed E-state index contributed by atoms with van der Waals surface area (Å²) < 4.78 is 0. The van der Waals surface area contributed by atoms with Crippen molar-refractivity contribution in [3.05, 3.63) is 59.2 Å².